The lowest BCUT2D eigenvalue weighted by Gasteiger charge is -2.40. The van der Waals surface area contributed by atoms with Gasteiger partial charge in [-0.25, -0.2) is 0 Å². The van der Waals surface area contributed by atoms with Crippen molar-refractivity contribution < 1.29 is 27.4 Å². The summed E-state index contributed by atoms with van der Waals surface area (Å²) in [5.41, 5.74) is 0. The van der Waals surface area contributed by atoms with Gasteiger partial charge in [-0.1, -0.05) is 85.5 Å². The molecule has 0 heterocycles. The minimum atomic E-state index is -4.28. The molecule has 0 bridgehead atoms. The zero-order chi connectivity index (χ0) is 22.7. The lowest BCUT2D eigenvalue weighted by molar-refractivity contribution is -0.413. The smallest absolute Gasteiger partial charge is 0.327 e. The van der Waals surface area contributed by atoms with Crippen LogP contribution in [0.1, 0.15) is 118 Å². The molecular weight excluding hydrogens is 393 g/mol. The van der Waals surface area contributed by atoms with Crippen molar-refractivity contribution in [3.8, 4) is 0 Å². The zero-order valence-electron chi connectivity index (χ0n) is 20.0. The Labute approximate surface area is 183 Å². The Bertz CT molecular complexity index is 349. The average molecular weight is 441 g/mol. The van der Waals surface area contributed by atoms with Crippen molar-refractivity contribution >= 4 is 0 Å². The Kier molecular flexibility index (Phi) is 18.1. The van der Waals surface area contributed by atoms with Crippen molar-refractivity contribution in [2.45, 2.75) is 130 Å². The maximum atomic E-state index is 13.5. The molecule has 0 aromatic heterocycles. The quantitative estimate of drug-likeness (QED) is 0.132. The Hall–Kier alpha value is -0.330. The molecule has 0 saturated carbocycles. The minimum Gasteiger partial charge on any atom is -0.327 e. The van der Waals surface area contributed by atoms with Crippen LogP contribution >= 0.6 is 0 Å². The lowest BCUT2D eigenvalue weighted by atomic mass is 9.93. The third kappa shape index (κ3) is 14.6. The van der Waals surface area contributed by atoms with Crippen LogP contribution in [0.25, 0.3) is 0 Å². The summed E-state index contributed by atoms with van der Waals surface area (Å²) in [5, 5.41) is 0. The normalized spacial score (nSPS) is 13.7. The molecular formula is C24H47F3O3. The summed E-state index contributed by atoms with van der Waals surface area (Å²) in [7, 11) is 0. The SMILES string of the molecule is CCCCCCCCC(CC(F)(F)F)C(OCCCC)(OCCCC)OCCCC. The highest BCUT2D eigenvalue weighted by atomic mass is 19.4. The van der Waals surface area contributed by atoms with E-state index in [-0.39, 0.29) is 0 Å². The van der Waals surface area contributed by atoms with Gasteiger partial charge in [0, 0.05) is 5.92 Å². The van der Waals surface area contributed by atoms with Gasteiger partial charge >= 0.3 is 6.18 Å². The molecule has 0 aliphatic heterocycles. The maximum Gasteiger partial charge on any atom is 0.389 e. The number of ether oxygens (including phenoxy) is 3. The Morgan fingerprint density at radius 2 is 0.967 bits per heavy atom. The fourth-order valence-corrected chi connectivity index (χ4v) is 3.41. The van der Waals surface area contributed by atoms with E-state index in [0.29, 0.717) is 26.2 Å². The summed E-state index contributed by atoms with van der Waals surface area (Å²) < 4.78 is 58.6. The molecule has 0 N–H and O–H groups in total. The van der Waals surface area contributed by atoms with Gasteiger partial charge in [0.25, 0.3) is 5.97 Å². The first-order valence-electron chi connectivity index (χ1n) is 12.3. The molecule has 1 unspecified atom stereocenters. The predicted molar refractivity (Wildman–Crippen MR) is 117 cm³/mol. The molecule has 0 fully saturated rings. The molecule has 182 valence electrons. The van der Waals surface area contributed by atoms with Crippen molar-refractivity contribution in [3.05, 3.63) is 0 Å². The molecule has 3 nitrogen and oxygen atoms in total. The molecule has 0 aromatic carbocycles. The minimum absolute atomic E-state index is 0.347. The summed E-state index contributed by atoms with van der Waals surface area (Å²) in [6, 6.07) is 0. The monoisotopic (exact) mass is 440 g/mol. The van der Waals surface area contributed by atoms with Gasteiger partial charge in [-0.3, -0.25) is 0 Å². The third-order valence-corrected chi connectivity index (χ3v) is 5.29. The highest BCUT2D eigenvalue weighted by molar-refractivity contribution is 4.76. The molecule has 0 saturated heterocycles. The van der Waals surface area contributed by atoms with Gasteiger partial charge < -0.3 is 14.2 Å². The lowest BCUT2D eigenvalue weighted by Crippen LogP contribution is -2.48. The summed E-state index contributed by atoms with van der Waals surface area (Å²) in [6.45, 7) is 9.29. The molecule has 0 aromatic rings. The van der Waals surface area contributed by atoms with Crippen molar-refractivity contribution in [1.82, 2.24) is 0 Å². The Balaban J connectivity index is 5.42. The molecule has 1 atom stereocenters. The number of rotatable bonds is 21. The van der Waals surface area contributed by atoms with E-state index in [1.165, 1.54) is 6.42 Å². The average Bonchev–Trinajstić information content (AvgIpc) is 2.69. The molecule has 0 rings (SSSR count). The van der Waals surface area contributed by atoms with Crippen LogP contribution in [0.3, 0.4) is 0 Å². The van der Waals surface area contributed by atoms with E-state index in [0.717, 1.165) is 70.6 Å². The molecule has 6 heteroatoms. The van der Waals surface area contributed by atoms with Crippen molar-refractivity contribution in [2.24, 2.45) is 5.92 Å². The van der Waals surface area contributed by atoms with Gasteiger partial charge in [-0.05, 0) is 25.7 Å². The maximum absolute atomic E-state index is 13.5. The zero-order valence-corrected chi connectivity index (χ0v) is 20.0. The van der Waals surface area contributed by atoms with Gasteiger partial charge in [0.1, 0.15) is 0 Å². The molecule has 0 spiro atoms. The summed E-state index contributed by atoms with van der Waals surface area (Å²) in [5.74, 6) is -2.45. The molecule has 0 amide bonds. The van der Waals surface area contributed by atoms with E-state index in [9.17, 15) is 13.2 Å². The molecule has 0 aliphatic carbocycles. The fourth-order valence-electron chi connectivity index (χ4n) is 3.41. The van der Waals surface area contributed by atoms with Crippen LogP contribution < -0.4 is 0 Å². The standard InChI is InChI=1S/C24H47F3O3/c1-5-9-13-14-15-16-17-22(21-23(25,26)27)24(28-18-10-6-2,29-19-11-7-3)30-20-12-8-4/h22H,5-21H2,1-4H3. The summed E-state index contributed by atoms with van der Waals surface area (Å²) in [4.78, 5) is 0. The second-order valence-corrected chi connectivity index (χ2v) is 8.28. The van der Waals surface area contributed by atoms with Gasteiger partial charge in [0.2, 0.25) is 0 Å². The predicted octanol–water partition coefficient (Wildman–Crippen LogP) is 8.41. The molecule has 30 heavy (non-hydrogen) atoms. The van der Waals surface area contributed by atoms with Crippen LogP contribution in [0.4, 0.5) is 13.2 Å². The second kappa shape index (κ2) is 18.3. The van der Waals surface area contributed by atoms with E-state index < -0.39 is 24.5 Å². The largest absolute Gasteiger partial charge is 0.389 e. The number of unbranched alkanes of at least 4 members (excludes halogenated alkanes) is 8. The summed E-state index contributed by atoms with van der Waals surface area (Å²) >= 11 is 0. The van der Waals surface area contributed by atoms with Gasteiger partial charge in [0.15, 0.2) is 0 Å². The highest BCUT2D eigenvalue weighted by Gasteiger charge is 2.47. The van der Waals surface area contributed by atoms with E-state index in [1.54, 1.807) is 0 Å². The molecule has 0 radical (unpaired) electrons. The van der Waals surface area contributed by atoms with Gasteiger partial charge in [-0.15, -0.1) is 0 Å². The number of halogens is 3. The van der Waals surface area contributed by atoms with Crippen LogP contribution in [0, 0.1) is 5.92 Å². The number of alkyl halides is 3. The first-order valence-corrected chi connectivity index (χ1v) is 12.3. The third-order valence-electron chi connectivity index (χ3n) is 5.29. The van der Waals surface area contributed by atoms with E-state index >= 15 is 0 Å². The van der Waals surface area contributed by atoms with Crippen LogP contribution in [-0.2, 0) is 14.2 Å². The van der Waals surface area contributed by atoms with Crippen molar-refractivity contribution in [2.75, 3.05) is 19.8 Å². The Morgan fingerprint density at radius 3 is 1.37 bits per heavy atom. The second-order valence-electron chi connectivity index (χ2n) is 8.28. The Morgan fingerprint density at radius 1 is 0.567 bits per heavy atom. The topological polar surface area (TPSA) is 27.7 Å². The van der Waals surface area contributed by atoms with Gasteiger partial charge in [0.05, 0.1) is 26.2 Å². The van der Waals surface area contributed by atoms with Crippen molar-refractivity contribution in [3.63, 3.8) is 0 Å². The first kappa shape index (κ1) is 29.7. The van der Waals surface area contributed by atoms with Crippen LogP contribution in [0.15, 0.2) is 0 Å². The van der Waals surface area contributed by atoms with Gasteiger partial charge in [-0.2, -0.15) is 13.2 Å². The summed E-state index contributed by atoms with van der Waals surface area (Å²) in [6.07, 6.45) is 6.39. The van der Waals surface area contributed by atoms with Crippen LogP contribution in [-0.4, -0.2) is 32.0 Å². The van der Waals surface area contributed by atoms with Crippen LogP contribution in [0.5, 0.6) is 0 Å². The van der Waals surface area contributed by atoms with E-state index in [4.69, 9.17) is 14.2 Å². The highest BCUT2D eigenvalue weighted by Crippen LogP contribution is 2.39. The number of hydrogen-bond acceptors (Lipinski definition) is 3. The van der Waals surface area contributed by atoms with Crippen LogP contribution in [0.2, 0.25) is 0 Å². The number of hydrogen-bond donors (Lipinski definition) is 0. The van der Waals surface area contributed by atoms with Crippen molar-refractivity contribution in [1.29, 1.82) is 0 Å². The van der Waals surface area contributed by atoms with E-state index in [2.05, 4.69) is 6.92 Å². The van der Waals surface area contributed by atoms with E-state index in [1.807, 2.05) is 20.8 Å². The fraction of sp³-hybridized carbons (Fsp3) is 1.00. The first-order chi connectivity index (χ1) is 14.3. The molecule has 0 aliphatic rings.